The van der Waals surface area contributed by atoms with Crippen LogP contribution in [0.5, 0.6) is 0 Å². The van der Waals surface area contributed by atoms with Crippen molar-refractivity contribution >= 4 is 28.3 Å². The number of amides is 2. The van der Waals surface area contributed by atoms with Gasteiger partial charge in [0.15, 0.2) is 5.13 Å². The zero-order valence-electron chi connectivity index (χ0n) is 18.9. The van der Waals surface area contributed by atoms with E-state index >= 15 is 0 Å². The number of anilines is 1. The molecule has 1 fully saturated rings. The first-order valence-corrected chi connectivity index (χ1v) is 12.4. The first kappa shape index (κ1) is 24.4. The molecule has 0 unspecified atom stereocenters. The quantitative estimate of drug-likeness (QED) is 0.491. The second-order valence-electron chi connectivity index (χ2n) is 8.07. The zero-order valence-corrected chi connectivity index (χ0v) is 19.7. The lowest BCUT2D eigenvalue weighted by atomic mass is 10.0. The summed E-state index contributed by atoms with van der Waals surface area (Å²) in [6.45, 7) is 6.53. The third-order valence-electron chi connectivity index (χ3n) is 5.61. The minimum Gasteiger partial charge on any atom is -0.379 e. The number of carbonyl (C=O) groups is 2. The van der Waals surface area contributed by atoms with E-state index in [1.165, 1.54) is 42.6 Å². The summed E-state index contributed by atoms with van der Waals surface area (Å²) < 4.78 is 5.41. The fourth-order valence-corrected chi connectivity index (χ4v) is 4.25. The minimum atomic E-state index is -0.233. The number of carbonyl (C=O) groups excluding carboxylic acids is 2. The van der Waals surface area contributed by atoms with Gasteiger partial charge >= 0.3 is 0 Å². The molecule has 2 heterocycles. The summed E-state index contributed by atoms with van der Waals surface area (Å²) in [5.74, 6) is -0.354. The van der Waals surface area contributed by atoms with Crippen LogP contribution >= 0.6 is 11.3 Å². The highest BCUT2D eigenvalue weighted by Crippen LogP contribution is 2.13. The lowest BCUT2D eigenvalue weighted by Crippen LogP contribution is -2.45. The molecule has 1 N–H and O–H groups in total. The molecule has 174 valence electrons. The van der Waals surface area contributed by atoms with Gasteiger partial charge in [0, 0.05) is 43.3 Å². The lowest BCUT2D eigenvalue weighted by molar-refractivity contribution is -0.117. The Kier molecular flexibility index (Phi) is 10.1. The van der Waals surface area contributed by atoms with Crippen molar-refractivity contribution < 1.29 is 14.3 Å². The fraction of sp³-hybridized carbons (Fsp3) is 0.542. The van der Waals surface area contributed by atoms with Gasteiger partial charge in [0.2, 0.25) is 5.91 Å². The van der Waals surface area contributed by atoms with Gasteiger partial charge in [0.05, 0.1) is 13.2 Å². The van der Waals surface area contributed by atoms with Crippen LogP contribution < -0.4 is 5.32 Å². The predicted molar refractivity (Wildman–Crippen MR) is 128 cm³/mol. The molecular formula is C24H34N4O3S. The van der Waals surface area contributed by atoms with E-state index in [2.05, 4.69) is 22.1 Å². The molecule has 1 aromatic carbocycles. The van der Waals surface area contributed by atoms with E-state index in [1.807, 2.05) is 24.3 Å². The molecule has 1 aromatic heterocycles. The Morgan fingerprint density at radius 1 is 1.16 bits per heavy atom. The normalized spacial score (nSPS) is 14.3. The molecule has 0 spiro atoms. The Balaban J connectivity index is 1.60. The van der Waals surface area contributed by atoms with Crippen molar-refractivity contribution in [2.75, 3.05) is 51.3 Å². The molecule has 0 aliphatic carbocycles. The summed E-state index contributed by atoms with van der Waals surface area (Å²) in [5.41, 5.74) is 1.87. The Labute approximate surface area is 194 Å². The summed E-state index contributed by atoms with van der Waals surface area (Å²) in [6.07, 6.45) is 7.57. The molecule has 7 nitrogen and oxygen atoms in total. The number of aromatic nitrogens is 1. The van der Waals surface area contributed by atoms with Crippen molar-refractivity contribution in [2.45, 2.75) is 39.0 Å². The highest BCUT2D eigenvalue weighted by Gasteiger charge is 2.21. The number of unbranched alkanes of at least 4 members (excludes halogenated alkanes) is 3. The summed E-state index contributed by atoms with van der Waals surface area (Å²) in [6, 6.07) is 7.85. The molecule has 0 atom stereocenters. The Hall–Kier alpha value is -2.29. The van der Waals surface area contributed by atoms with Crippen LogP contribution in [0, 0.1) is 0 Å². The summed E-state index contributed by atoms with van der Waals surface area (Å²) in [4.78, 5) is 33.8. The van der Waals surface area contributed by atoms with Crippen LogP contribution in [-0.2, 0) is 16.0 Å². The molecule has 0 bridgehead atoms. The van der Waals surface area contributed by atoms with Crippen LogP contribution in [0.3, 0.4) is 0 Å². The van der Waals surface area contributed by atoms with Gasteiger partial charge in [-0.3, -0.25) is 14.5 Å². The number of nitrogens with one attached hydrogen (secondary N) is 1. The first-order valence-electron chi connectivity index (χ1n) is 11.5. The van der Waals surface area contributed by atoms with Crippen molar-refractivity contribution in [1.82, 2.24) is 14.8 Å². The lowest BCUT2D eigenvalue weighted by Gasteiger charge is -2.30. The van der Waals surface area contributed by atoms with Crippen molar-refractivity contribution in [1.29, 1.82) is 0 Å². The molecule has 0 radical (unpaired) electrons. The molecular weight excluding hydrogens is 424 g/mol. The number of nitrogens with zero attached hydrogens (tertiary/aromatic N) is 3. The van der Waals surface area contributed by atoms with Crippen LogP contribution in [0.4, 0.5) is 5.13 Å². The van der Waals surface area contributed by atoms with Crippen molar-refractivity contribution in [3.05, 3.63) is 47.0 Å². The number of rotatable bonds is 12. The van der Waals surface area contributed by atoms with Gasteiger partial charge in [-0.2, -0.15) is 0 Å². The molecule has 1 aliphatic rings. The van der Waals surface area contributed by atoms with Gasteiger partial charge in [-0.25, -0.2) is 4.98 Å². The van der Waals surface area contributed by atoms with E-state index in [0.717, 1.165) is 26.1 Å². The number of aryl methyl sites for hydroxylation is 1. The largest absolute Gasteiger partial charge is 0.379 e. The smallest absolute Gasteiger partial charge is 0.254 e. The van der Waals surface area contributed by atoms with Crippen molar-refractivity contribution in [3.63, 3.8) is 0 Å². The highest BCUT2D eigenvalue weighted by molar-refractivity contribution is 7.13. The first-order chi connectivity index (χ1) is 15.7. The SMILES string of the molecule is CCCCCCc1ccc(C(=O)N(CCN2CCOCC2)CC(=O)Nc2nccs2)cc1. The van der Waals surface area contributed by atoms with E-state index in [4.69, 9.17) is 4.74 Å². The summed E-state index contributed by atoms with van der Waals surface area (Å²) in [5, 5.41) is 5.13. The van der Waals surface area contributed by atoms with E-state index in [1.54, 1.807) is 16.5 Å². The van der Waals surface area contributed by atoms with Crippen LogP contribution in [0.25, 0.3) is 0 Å². The van der Waals surface area contributed by atoms with Crippen LogP contribution in [-0.4, -0.2) is 72.5 Å². The summed E-state index contributed by atoms with van der Waals surface area (Å²) in [7, 11) is 0. The van der Waals surface area contributed by atoms with E-state index in [-0.39, 0.29) is 18.4 Å². The standard InChI is InChI=1S/C24H34N4O3S/c1-2-3-4-5-6-20-7-9-21(10-8-20)23(30)28(13-12-27-14-16-31-17-15-27)19-22(29)26-24-25-11-18-32-24/h7-11,18H,2-6,12-17,19H2,1H3,(H,25,26,29). The van der Waals surface area contributed by atoms with Gasteiger partial charge in [0.1, 0.15) is 6.54 Å². The van der Waals surface area contributed by atoms with Crippen LogP contribution in [0.2, 0.25) is 0 Å². The molecule has 0 saturated carbocycles. The monoisotopic (exact) mass is 458 g/mol. The van der Waals surface area contributed by atoms with Gasteiger partial charge in [-0.15, -0.1) is 11.3 Å². The fourth-order valence-electron chi connectivity index (χ4n) is 3.71. The second-order valence-corrected chi connectivity index (χ2v) is 8.97. The number of hydrogen-bond acceptors (Lipinski definition) is 6. The molecule has 2 amide bonds. The van der Waals surface area contributed by atoms with E-state index in [0.29, 0.717) is 30.5 Å². The molecule has 8 heteroatoms. The van der Waals surface area contributed by atoms with Crippen LogP contribution in [0.15, 0.2) is 35.8 Å². The molecule has 1 aliphatic heterocycles. The molecule has 1 saturated heterocycles. The predicted octanol–water partition coefficient (Wildman–Crippen LogP) is 3.68. The highest BCUT2D eigenvalue weighted by atomic mass is 32.1. The molecule has 2 aromatic rings. The second kappa shape index (κ2) is 13.3. The Morgan fingerprint density at radius 2 is 1.94 bits per heavy atom. The number of hydrogen-bond donors (Lipinski definition) is 1. The van der Waals surface area contributed by atoms with E-state index < -0.39 is 0 Å². The van der Waals surface area contributed by atoms with Gasteiger partial charge in [-0.05, 0) is 30.5 Å². The van der Waals surface area contributed by atoms with Gasteiger partial charge in [-0.1, -0.05) is 38.3 Å². The third kappa shape index (κ3) is 8.00. The summed E-state index contributed by atoms with van der Waals surface area (Å²) >= 11 is 1.36. The maximum Gasteiger partial charge on any atom is 0.254 e. The topological polar surface area (TPSA) is 74.8 Å². The molecule has 3 rings (SSSR count). The number of benzene rings is 1. The van der Waals surface area contributed by atoms with E-state index in [9.17, 15) is 9.59 Å². The average molecular weight is 459 g/mol. The van der Waals surface area contributed by atoms with Crippen molar-refractivity contribution in [2.24, 2.45) is 0 Å². The maximum absolute atomic E-state index is 13.3. The Bertz CT molecular complexity index is 820. The minimum absolute atomic E-state index is 0.00151. The van der Waals surface area contributed by atoms with Crippen molar-refractivity contribution in [3.8, 4) is 0 Å². The number of ether oxygens (including phenoxy) is 1. The van der Waals surface area contributed by atoms with Crippen LogP contribution in [0.1, 0.15) is 48.5 Å². The van der Waals surface area contributed by atoms with Gasteiger partial charge in [0.25, 0.3) is 5.91 Å². The molecule has 32 heavy (non-hydrogen) atoms. The number of morpholine rings is 1. The third-order valence-corrected chi connectivity index (χ3v) is 6.30. The average Bonchev–Trinajstić information content (AvgIpc) is 3.33. The number of thiazole rings is 1. The van der Waals surface area contributed by atoms with Gasteiger partial charge < -0.3 is 15.0 Å². The zero-order chi connectivity index (χ0) is 22.6. The maximum atomic E-state index is 13.3. The Morgan fingerprint density at radius 3 is 2.62 bits per heavy atom.